The fourth-order valence-electron chi connectivity index (χ4n) is 1.68. The normalized spacial score (nSPS) is 15.7. The van der Waals surface area contributed by atoms with Crippen molar-refractivity contribution in [1.29, 1.82) is 0 Å². The molecule has 0 atom stereocenters. The lowest BCUT2D eigenvalue weighted by molar-refractivity contribution is -0.384. The smallest absolute Gasteiger partial charge is 0.269 e. The number of nitrogens with zero attached hydrogens (tertiary/aromatic N) is 2. The molecule has 0 aliphatic carbocycles. The van der Waals surface area contributed by atoms with Crippen LogP contribution in [-0.4, -0.2) is 17.4 Å². The highest BCUT2D eigenvalue weighted by molar-refractivity contribution is 5.95. The van der Waals surface area contributed by atoms with E-state index in [0.717, 1.165) is 12.1 Å². The summed E-state index contributed by atoms with van der Waals surface area (Å²) >= 11 is 0. The van der Waals surface area contributed by atoms with Crippen molar-refractivity contribution in [3.8, 4) is 0 Å². The molecule has 0 aromatic heterocycles. The van der Waals surface area contributed by atoms with Crippen molar-refractivity contribution < 1.29 is 9.72 Å². The van der Waals surface area contributed by atoms with Gasteiger partial charge in [0.25, 0.3) is 5.69 Å². The number of benzene rings is 1. The Morgan fingerprint density at radius 1 is 1.27 bits per heavy atom. The zero-order valence-corrected chi connectivity index (χ0v) is 8.05. The van der Waals surface area contributed by atoms with Gasteiger partial charge in [0.15, 0.2) is 0 Å². The van der Waals surface area contributed by atoms with E-state index in [1.807, 2.05) is 0 Å². The van der Waals surface area contributed by atoms with Gasteiger partial charge in [0, 0.05) is 30.8 Å². The van der Waals surface area contributed by atoms with Crippen molar-refractivity contribution >= 4 is 17.3 Å². The van der Waals surface area contributed by atoms with Gasteiger partial charge >= 0.3 is 0 Å². The first-order chi connectivity index (χ1) is 7.18. The highest BCUT2D eigenvalue weighted by Gasteiger charge is 2.21. The van der Waals surface area contributed by atoms with Gasteiger partial charge in [-0.15, -0.1) is 0 Å². The van der Waals surface area contributed by atoms with Gasteiger partial charge in [-0.1, -0.05) is 0 Å². The van der Waals surface area contributed by atoms with Gasteiger partial charge in [0.2, 0.25) is 5.91 Å². The summed E-state index contributed by atoms with van der Waals surface area (Å²) in [5.41, 5.74) is 0.786. The van der Waals surface area contributed by atoms with Crippen LogP contribution in [0.4, 0.5) is 11.4 Å². The minimum Gasteiger partial charge on any atom is -0.312 e. The minimum atomic E-state index is -0.449. The van der Waals surface area contributed by atoms with Crippen molar-refractivity contribution in [3.05, 3.63) is 34.4 Å². The van der Waals surface area contributed by atoms with Gasteiger partial charge in [0.05, 0.1) is 4.92 Å². The maximum atomic E-state index is 11.4. The van der Waals surface area contributed by atoms with Gasteiger partial charge in [-0.2, -0.15) is 0 Å². The van der Waals surface area contributed by atoms with E-state index in [1.165, 1.54) is 12.1 Å². The van der Waals surface area contributed by atoms with Crippen LogP contribution in [0.2, 0.25) is 0 Å². The van der Waals surface area contributed by atoms with Crippen LogP contribution in [0.15, 0.2) is 24.3 Å². The SMILES string of the molecule is O=[13C]1CCCN1c1ccc([N+](=O)[O-])cc1. The molecule has 1 saturated heterocycles. The molecule has 1 amide bonds. The summed E-state index contributed by atoms with van der Waals surface area (Å²) in [7, 11) is 0. The standard InChI is InChI=1S/C10H10N2O3/c13-10-2-1-7-11(10)8-3-5-9(6-4-8)12(14)15/h3-6H,1-2,7H2/i10+1. The Kier molecular flexibility index (Phi) is 2.37. The second kappa shape index (κ2) is 3.68. The highest BCUT2D eigenvalue weighted by Crippen LogP contribution is 2.23. The molecule has 1 aromatic rings. The summed E-state index contributed by atoms with van der Waals surface area (Å²) in [5, 5.41) is 10.4. The third-order valence-corrected chi connectivity index (χ3v) is 2.45. The maximum Gasteiger partial charge on any atom is 0.269 e. The molecule has 0 bridgehead atoms. The van der Waals surface area contributed by atoms with E-state index in [4.69, 9.17) is 0 Å². The lowest BCUT2D eigenvalue weighted by atomic mass is 10.3. The van der Waals surface area contributed by atoms with E-state index in [-0.39, 0.29) is 11.6 Å². The van der Waals surface area contributed by atoms with Gasteiger partial charge in [0.1, 0.15) is 0 Å². The zero-order chi connectivity index (χ0) is 10.8. The van der Waals surface area contributed by atoms with Gasteiger partial charge < -0.3 is 4.90 Å². The zero-order valence-electron chi connectivity index (χ0n) is 8.05. The summed E-state index contributed by atoms with van der Waals surface area (Å²) in [4.78, 5) is 23.0. The molecular formula is C10H10N2O3. The van der Waals surface area contributed by atoms with Gasteiger partial charge in [-0.25, -0.2) is 0 Å². The second-order valence-electron chi connectivity index (χ2n) is 3.42. The molecule has 15 heavy (non-hydrogen) atoms. The fourth-order valence-corrected chi connectivity index (χ4v) is 1.68. The van der Waals surface area contributed by atoms with Crippen molar-refractivity contribution in [2.24, 2.45) is 0 Å². The van der Waals surface area contributed by atoms with E-state index in [2.05, 4.69) is 0 Å². The van der Waals surface area contributed by atoms with E-state index in [0.29, 0.717) is 13.0 Å². The number of nitro benzene ring substituents is 1. The third kappa shape index (κ3) is 1.81. The van der Waals surface area contributed by atoms with Crippen molar-refractivity contribution in [2.75, 3.05) is 11.4 Å². The first-order valence-corrected chi connectivity index (χ1v) is 4.73. The Bertz CT molecular complexity index is 400. The molecule has 2 rings (SSSR count). The second-order valence-corrected chi connectivity index (χ2v) is 3.42. The van der Waals surface area contributed by atoms with Crippen LogP contribution in [-0.2, 0) is 4.79 Å². The molecule has 0 radical (unpaired) electrons. The Morgan fingerprint density at radius 2 is 1.93 bits per heavy atom. The van der Waals surface area contributed by atoms with Crippen LogP contribution in [0.25, 0.3) is 0 Å². The quantitative estimate of drug-likeness (QED) is 0.421. The fraction of sp³-hybridized carbons (Fsp3) is 0.300. The number of hydrogen-bond acceptors (Lipinski definition) is 3. The molecule has 0 saturated carbocycles. The summed E-state index contributed by atoms with van der Waals surface area (Å²) in [6, 6.07) is 6.06. The molecule has 5 heteroatoms. The molecular weight excluding hydrogens is 197 g/mol. The number of anilines is 1. The Balaban J connectivity index is 2.23. The summed E-state index contributed by atoms with van der Waals surface area (Å²) in [6.45, 7) is 0.705. The first kappa shape index (κ1) is 9.64. The maximum absolute atomic E-state index is 11.4. The van der Waals surface area contributed by atoms with Gasteiger partial charge in [-0.3, -0.25) is 14.9 Å². The topological polar surface area (TPSA) is 63.5 Å². The van der Waals surface area contributed by atoms with Crippen LogP contribution in [0.3, 0.4) is 0 Å². The number of carbonyl (C=O) groups excluding carboxylic acids is 1. The lowest BCUT2D eigenvalue weighted by Gasteiger charge is -2.14. The molecule has 0 N–H and O–H groups in total. The molecule has 1 fully saturated rings. The van der Waals surface area contributed by atoms with Crippen molar-refractivity contribution in [3.63, 3.8) is 0 Å². The highest BCUT2D eigenvalue weighted by atomic mass is 16.6. The largest absolute Gasteiger partial charge is 0.312 e. The van der Waals surface area contributed by atoms with Gasteiger partial charge in [-0.05, 0) is 18.6 Å². The first-order valence-electron chi connectivity index (χ1n) is 4.73. The minimum absolute atomic E-state index is 0.0467. The van der Waals surface area contributed by atoms with Crippen molar-refractivity contribution in [2.45, 2.75) is 12.8 Å². The Labute approximate surface area is 86.5 Å². The summed E-state index contributed by atoms with van der Waals surface area (Å²) in [6.07, 6.45) is 1.42. The Morgan fingerprint density at radius 3 is 2.40 bits per heavy atom. The van der Waals surface area contributed by atoms with E-state index >= 15 is 0 Å². The van der Waals surface area contributed by atoms with E-state index in [1.54, 1.807) is 17.0 Å². The van der Waals surface area contributed by atoms with E-state index in [9.17, 15) is 14.9 Å². The predicted molar refractivity (Wildman–Crippen MR) is 54.7 cm³/mol. The molecule has 5 nitrogen and oxygen atoms in total. The number of nitro groups is 1. The van der Waals surface area contributed by atoms with Crippen LogP contribution in [0.5, 0.6) is 0 Å². The number of rotatable bonds is 2. The third-order valence-electron chi connectivity index (χ3n) is 2.45. The number of non-ortho nitro benzene ring substituents is 1. The molecule has 1 aromatic carbocycles. The number of carbonyl (C=O) groups is 1. The predicted octanol–water partition coefficient (Wildman–Crippen LogP) is 1.72. The molecule has 1 aliphatic heterocycles. The average molecular weight is 207 g/mol. The average Bonchev–Trinajstić information content (AvgIpc) is 2.65. The van der Waals surface area contributed by atoms with E-state index < -0.39 is 4.92 Å². The number of hydrogen-bond donors (Lipinski definition) is 0. The van der Waals surface area contributed by atoms with Crippen LogP contribution in [0.1, 0.15) is 12.8 Å². The van der Waals surface area contributed by atoms with Crippen LogP contribution < -0.4 is 4.90 Å². The molecule has 1 aliphatic rings. The van der Waals surface area contributed by atoms with Crippen LogP contribution >= 0.6 is 0 Å². The van der Waals surface area contributed by atoms with Crippen LogP contribution in [0, 0.1) is 10.1 Å². The summed E-state index contributed by atoms with van der Waals surface area (Å²) in [5.74, 6) is 0.0869. The molecule has 78 valence electrons. The molecule has 0 spiro atoms. The number of amides is 1. The van der Waals surface area contributed by atoms with Crippen molar-refractivity contribution in [1.82, 2.24) is 0 Å². The molecule has 1 heterocycles. The molecule has 0 unspecified atom stereocenters. The summed E-state index contributed by atoms with van der Waals surface area (Å²) < 4.78 is 0. The monoisotopic (exact) mass is 207 g/mol. The lowest BCUT2D eigenvalue weighted by Crippen LogP contribution is -2.23. The Hall–Kier alpha value is -1.91.